The Hall–Kier alpha value is -12.4. The normalized spacial score (nSPS) is 12.4. The zero-order chi connectivity index (χ0) is 62.5. The highest BCUT2D eigenvalue weighted by molar-refractivity contribution is 7.26. The lowest BCUT2D eigenvalue weighted by atomic mass is 9.33. The highest BCUT2D eigenvalue weighted by atomic mass is 32.1. The highest BCUT2D eigenvalue weighted by Gasteiger charge is 2.44. The molecule has 0 unspecified atom stereocenters. The molecule has 0 fully saturated rings. The Bertz CT molecular complexity index is 5810. The first kappa shape index (κ1) is 54.4. The zero-order valence-electron chi connectivity index (χ0n) is 51.2. The van der Waals surface area contributed by atoms with E-state index in [9.17, 15) is 0 Å². The van der Waals surface area contributed by atoms with Crippen LogP contribution < -0.4 is 26.2 Å². The lowest BCUT2D eigenvalue weighted by molar-refractivity contribution is 1.07. The molecule has 0 saturated heterocycles. The number of fused-ring (bicyclic) bond motifs is 11. The first-order valence-electron chi connectivity index (χ1n) is 32.1. The number of hydrogen-bond donors (Lipinski definition) is 0. The van der Waals surface area contributed by atoms with Crippen LogP contribution in [0.1, 0.15) is 0 Å². The van der Waals surface area contributed by atoms with Crippen LogP contribution in [0.2, 0.25) is 0 Å². The molecular weight excluding hydrogens is 1180 g/mol. The summed E-state index contributed by atoms with van der Waals surface area (Å²) in [4.78, 5) is 32.1. The number of rotatable bonds is 10. The molecule has 95 heavy (non-hydrogen) atoms. The molecule has 0 N–H and O–H groups in total. The predicted octanol–water partition coefficient (Wildman–Crippen LogP) is 19.9. The Morgan fingerprint density at radius 2 is 0.821 bits per heavy atom. The van der Waals surface area contributed by atoms with Gasteiger partial charge in [-0.15, -0.1) is 11.3 Å². The molecule has 0 saturated carbocycles. The van der Waals surface area contributed by atoms with Crippen molar-refractivity contribution >= 4 is 111 Å². The Morgan fingerprint density at radius 3 is 1.51 bits per heavy atom. The van der Waals surface area contributed by atoms with Crippen molar-refractivity contribution in [3.63, 3.8) is 0 Å². The Labute approximate surface area is 552 Å². The van der Waals surface area contributed by atoms with E-state index in [0.29, 0.717) is 23.3 Å². The third-order valence-corrected chi connectivity index (χ3v) is 20.0. The number of nitrogens with zero attached hydrogens (tertiary/aromatic N) is 8. The maximum Gasteiger partial charge on any atom is 0.252 e. The maximum atomic E-state index is 5.81. The fraction of sp³-hybridized carbons (Fsp3) is 0. The molecule has 6 heterocycles. The van der Waals surface area contributed by atoms with Gasteiger partial charge in [0.1, 0.15) is 0 Å². The highest BCUT2D eigenvalue weighted by Crippen LogP contribution is 2.50. The van der Waals surface area contributed by atoms with Crippen molar-refractivity contribution < 1.29 is 0 Å². The molecule has 0 radical (unpaired) electrons. The minimum absolute atomic E-state index is 0.0452. The van der Waals surface area contributed by atoms with Gasteiger partial charge in [-0.1, -0.05) is 231 Å². The molecule has 0 amide bonds. The summed E-state index contributed by atoms with van der Waals surface area (Å²) in [6, 6.07) is 115. The van der Waals surface area contributed by atoms with Crippen LogP contribution in [0.3, 0.4) is 0 Å². The van der Waals surface area contributed by atoms with Gasteiger partial charge in [-0.2, -0.15) is 0 Å². The van der Waals surface area contributed by atoms with Crippen LogP contribution in [0.5, 0.6) is 0 Å². The summed E-state index contributed by atoms with van der Waals surface area (Å²) >= 11 is 1.85. The Morgan fingerprint density at radius 1 is 0.295 bits per heavy atom. The van der Waals surface area contributed by atoms with E-state index in [1.54, 1.807) is 0 Å². The monoisotopic (exact) mass is 1230 g/mol. The second kappa shape index (κ2) is 22.2. The topological polar surface area (TPSA) is 75.9 Å². The van der Waals surface area contributed by atoms with Crippen molar-refractivity contribution in [2.24, 2.45) is 0 Å². The van der Waals surface area contributed by atoms with E-state index in [4.69, 9.17) is 24.9 Å². The van der Waals surface area contributed by atoms with Gasteiger partial charge in [0.15, 0.2) is 23.3 Å². The summed E-state index contributed by atoms with van der Waals surface area (Å²) in [6.07, 6.45) is 0. The SMILES string of the molecule is c1ccc(-c2cc(-c3cccc(-c4ccc5c6c4N(c4ccccc4)c4ccccc4B6c4ccccc4N5c4ccccc4)c3)nc(-c3cc(-c4nc(-c5ccccc5)nc(-c5ccccc5)n4)ccc3-n3c4ccccc4c4c5sc6ccccc6c5ccc43)n2)cc1. The molecule has 0 spiro atoms. The maximum absolute atomic E-state index is 5.81. The smallest absolute Gasteiger partial charge is 0.252 e. The molecule has 4 aromatic heterocycles. The van der Waals surface area contributed by atoms with E-state index in [-0.39, 0.29) is 6.71 Å². The fourth-order valence-electron chi connectivity index (χ4n) is 14.7. The van der Waals surface area contributed by atoms with Crippen LogP contribution in [-0.4, -0.2) is 36.2 Å². The second-order valence-corrected chi connectivity index (χ2v) is 25.3. The molecule has 10 heteroatoms. The van der Waals surface area contributed by atoms with Gasteiger partial charge in [0, 0.05) is 98.3 Å². The van der Waals surface area contributed by atoms with Gasteiger partial charge in [0.2, 0.25) is 0 Å². The molecule has 0 atom stereocenters. The summed E-state index contributed by atoms with van der Waals surface area (Å²) in [5, 5.41) is 4.89. The quantitative estimate of drug-likeness (QED) is 0.126. The summed E-state index contributed by atoms with van der Waals surface area (Å²) in [5.41, 5.74) is 22.7. The van der Waals surface area contributed by atoms with Gasteiger partial charge in [0.25, 0.3) is 6.71 Å². The van der Waals surface area contributed by atoms with Gasteiger partial charge in [-0.05, 0) is 113 Å². The summed E-state index contributed by atoms with van der Waals surface area (Å²) < 4.78 is 4.93. The lowest BCUT2D eigenvalue weighted by Gasteiger charge is -2.45. The molecule has 17 aromatic rings. The first-order valence-corrected chi connectivity index (χ1v) is 32.9. The van der Waals surface area contributed by atoms with E-state index in [0.717, 1.165) is 101 Å². The summed E-state index contributed by atoms with van der Waals surface area (Å²) in [6.45, 7) is -0.0452. The molecule has 2 aliphatic rings. The average molecular weight is 1230 g/mol. The van der Waals surface area contributed by atoms with E-state index < -0.39 is 0 Å². The van der Waals surface area contributed by atoms with Gasteiger partial charge >= 0.3 is 0 Å². The van der Waals surface area contributed by atoms with Crippen molar-refractivity contribution in [2.45, 2.75) is 0 Å². The number of aromatic nitrogens is 6. The molecule has 442 valence electrons. The Balaban J connectivity index is 0.854. The molecule has 0 aliphatic carbocycles. The molecule has 2 aliphatic heterocycles. The van der Waals surface area contributed by atoms with Crippen LogP contribution in [-0.2, 0) is 0 Å². The lowest BCUT2D eigenvalue weighted by Crippen LogP contribution is -2.61. The second-order valence-electron chi connectivity index (χ2n) is 24.3. The van der Waals surface area contributed by atoms with Crippen molar-refractivity contribution in [1.29, 1.82) is 0 Å². The third-order valence-electron chi connectivity index (χ3n) is 18.8. The summed E-state index contributed by atoms with van der Waals surface area (Å²) in [7, 11) is 0. The molecule has 13 aromatic carbocycles. The number of thiophene rings is 1. The van der Waals surface area contributed by atoms with E-state index >= 15 is 0 Å². The average Bonchev–Trinajstić information content (AvgIpc) is 0.961. The predicted molar refractivity (Wildman–Crippen MR) is 395 cm³/mol. The molecule has 19 rings (SSSR count). The van der Waals surface area contributed by atoms with Crippen LogP contribution in [0.25, 0.3) is 127 Å². The van der Waals surface area contributed by atoms with E-state index in [1.807, 2.05) is 72.0 Å². The van der Waals surface area contributed by atoms with Crippen molar-refractivity contribution in [2.75, 3.05) is 9.80 Å². The van der Waals surface area contributed by atoms with E-state index in [2.05, 4.69) is 275 Å². The largest absolute Gasteiger partial charge is 0.311 e. The molecule has 8 nitrogen and oxygen atoms in total. The van der Waals surface area contributed by atoms with Crippen molar-refractivity contribution in [3.8, 4) is 84.9 Å². The van der Waals surface area contributed by atoms with Crippen LogP contribution >= 0.6 is 11.3 Å². The van der Waals surface area contributed by atoms with Gasteiger partial charge in [-0.25, -0.2) is 24.9 Å². The van der Waals surface area contributed by atoms with E-state index in [1.165, 1.54) is 53.0 Å². The standard InChI is InChI=1S/C85H53BN8S/c1-6-25-54(26-7-1)69-53-70(58-32-24-31-57(51-58)62-46-50-76-79-80(62)93(61-35-14-5-15-36-61)74-43-22-19-40-68(74)86(79)67-39-18-21-42-73(67)92(76)60-33-12-4-13-34-60)88-85(87-69)66-52-59(84-90-82(55-27-8-2-9-28-55)89-83(91-84)56-29-10-3-11-30-56)45-48-72(66)94-71-41-20-16-38-65(71)78-75(94)49-47-64-63-37-17-23-44-77(63)95-81(64)78/h1-53H. The van der Waals surface area contributed by atoms with Gasteiger partial charge in [0.05, 0.1) is 33.8 Å². The molecular formula is C85H53BN8S. The van der Waals surface area contributed by atoms with Gasteiger partial charge < -0.3 is 14.4 Å². The van der Waals surface area contributed by atoms with Crippen LogP contribution in [0.15, 0.2) is 322 Å². The van der Waals surface area contributed by atoms with Crippen molar-refractivity contribution in [3.05, 3.63) is 322 Å². The fourth-order valence-corrected chi connectivity index (χ4v) is 15.9. The Kier molecular flexibility index (Phi) is 12.7. The van der Waals surface area contributed by atoms with Crippen molar-refractivity contribution in [1.82, 2.24) is 29.5 Å². The third kappa shape index (κ3) is 8.94. The van der Waals surface area contributed by atoms with Crippen LogP contribution in [0.4, 0.5) is 34.1 Å². The minimum Gasteiger partial charge on any atom is -0.311 e. The van der Waals surface area contributed by atoms with Crippen LogP contribution in [0, 0.1) is 0 Å². The number of benzene rings is 13. The number of anilines is 6. The number of hydrogen-bond acceptors (Lipinski definition) is 8. The molecule has 0 bridgehead atoms. The summed E-state index contributed by atoms with van der Waals surface area (Å²) in [5.74, 6) is 2.25. The minimum atomic E-state index is -0.0452. The van der Waals surface area contributed by atoms with Gasteiger partial charge in [-0.3, -0.25) is 0 Å². The zero-order valence-corrected chi connectivity index (χ0v) is 52.0. The first-order chi connectivity index (χ1) is 47.1. The number of para-hydroxylation sites is 5.